The molecule has 0 N–H and O–H groups in total. The minimum absolute atomic E-state index is 0.215. The molecule has 1 aliphatic rings. The summed E-state index contributed by atoms with van der Waals surface area (Å²) >= 11 is 0. The van der Waals surface area contributed by atoms with Crippen molar-refractivity contribution in [3.05, 3.63) is 34.9 Å². The monoisotopic (exact) mass is 261 g/mol. The van der Waals surface area contributed by atoms with Crippen LogP contribution in [0.2, 0.25) is 0 Å². The molecule has 0 bridgehead atoms. The fraction of sp³-hybridized carbons (Fsp3) is 0.562. The van der Waals surface area contributed by atoms with Crippen molar-refractivity contribution >= 4 is 5.97 Å². The van der Waals surface area contributed by atoms with Crippen LogP contribution in [0.1, 0.15) is 37.5 Å². The first-order chi connectivity index (χ1) is 9.06. The van der Waals surface area contributed by atoms with Gasteiger partial charge in [0.15, 0.2) is 0 Å². The maximum atomic E-state index is 11.0. The summed E-state index contributed by atoms with van der Waals surface area (Å²) in [6.07, 6.45) is 1.09. The lowest BCUT2D eigenvalue weighted by Gasteiger charge is -2.31. The minimum atomic E-state index is -0.215. The van der Waals surface area contributed by atoms with E-state index >= 15 is 0 Å². The summed E-state index contributed by atoms with van der Waals surface area (Å²) in [4.78, 5) is 13.5. The fourth-order valence-corrected chi connectivity index (χ4v) is 2.69. The lowest BCUT2D eigenvalue weighted by Crippen LogP contribution is -2.34. The Labute approximate surface area is 115 Å². The van der Waals surface area contributed by atoms with E-state index in [9.17, 15) is 4.79 Å². The van der Waals surface area contributed by atoms with Crippen molar-refractivity contribution in [3.8, 4) is 0 Å². The largest absolute Gasteiger partial charge is 0.461 e. The van der Waals surface area contributed by atoms with Crippen LogP contribution in [0.4, 0.5) is 0 Å². The molecule has 0 aliphatic carbocycles. The Morgan fingerprint density at radius 3 is 2.89 bits per heavy atom. The van der Waals surface area contributed by atoms with Crippen LogP contribution in [0.5, 0.6) is 0 Å². The maximum absolute atomic E-state index is 11.0. The first-order valence-corrected chi connectivity index (χ1v) is 7.01. The molecular formula is C16H23NO2. The lowest BCUT2D eigenvalue weighted by molar-refractivity contribution is -0.142. The van der Waals surface area contributed by atoms with Crippen molar-refractivity contribution in [1.82, 2.24) is 4.90 Å². The van der Waals surface area contributed by atoms with Gasteiger partial charge in [-0.15, -0.1) is 0 Å². The van der Waals surface area contributed by atoms with Crippen LogP contribution in [-0.4, -0.2) is 24.0 Å². The molecule has 3 nitrogen and oxygen atoms in total. The van der Waals surface area contributed by atoms with E-state index in [2.05, 4.69) is 36.9 Å². The van der Waals surface area contributed by atoms with Gasteiger partial charge < -0.3 is 4.74 Å². The molecule has 0 amide bonds. The summed E-state index contributed by atoms with van der Waals surface area (Å²) in [6, 6.07) is 6.33. The highest BCUT2D eigenvalue weighted by molar-refractivity contribution is 5.66. The summed E-state index contributed by atoms with van der Waals surface area (Å²) in [7, 11) is 0. The molecule has 1 aromatic rings. The third kappa shape index (κ3) is 3.80. The topological polar surface area (TPSA) is 29.5 Å². The molecule has 0 radical (unpaired) electrons. The van der Waals surface area contributed by atoms with Gasteiger partial charge in [0.1, 0.15) is 6.61 Å². The number of hydrogen-bond donors (Lipinski definition) is 0. The molecule has 19 heavy (non-hydrogen) atoms. The SMILES string of the molecule is CC(=O)OCc1cccc2c1CN(CC(C)C)CC2. The van der Waals surface area contributed by atoms with Gasteiger partial charge in [-0.1, -0.05) is 32.0 Å². The predicted octanol–water partition coefficient (Wildman–Crippen LogP) is 2.76. The van der Waals surface area contributed by atoms with E-state index < -0.39 is 0 Å². The Morgan fingerprint density at radius 1 is 1.42 bits per heavy atom. The van der Waals surface area contributed by atoms with Gasteiger partial charge in [-0.25, -0.2) is 0 Å². The quantitative estimate of drug-likeness (QED) is 0.781. The molecule has 0 spiro atoms. The van der Waals surface area contributed by atoms with E-state index in [0.717, 1.165) is 31.6 Å². The molecule has 0 atom stereocenters. The smallest absolute Gasteiger partial charge is 0.302 e. The molecule has 1 aromatic carbocycles. The molecular weight excluding hydrogens is 238 g/mol. The third-order valence-corrected chi connectivity index (χ3v) is 3.50. The zero-order valence-electron chi connectivity index (χ0n) is 12.1. The number of esters is 1. The van der Waals surface area contributed by atoms with E-state index in [1.54, 1.807) is 0 Å². The van der Waals surface area contributed by atoms with Gasteiger partial charge in [-0.05, 0) is 29.0 Å². The van der Waals surface area contributed by atoms with E-state index in [0.29, 0.717) is 12.5 Å². The second-order valence-corrected chi connectivity index (χ2v) is 5.71. The van der Waals surface area contributed by atoms with Crippen molar-refractivity contribution in [1.29, 1.82) is 0 Å². The van der Waals surface area contributed by atoms with Gasteiger partial charge in [-0.3, -0.25) is 9.69 Å². The number of benzene rings is 1. The van der Waals surface area contributed by atoms with Gasteiger partial charge >= 0.3 is 5.97 Å². The van der Waals surface area contributed by atoms with Crippen LogP contribution in [0, 0.1) is 5.92 Å². The number of carbonyl (C=O) groups excluding carboxylic acids is 1. The number of ether oxygens (including phenoxy) is 1. The second kappa shape index (κ2) is 6.20. The number of nitrogens with zero attached hydrogens (tertiary/aromatic N) is 1. The molecule has 0 saturated heterocycles. The highest BCUT2D eigenvalue weighted by Crippen LogP contribution is 2.24. The van der Waals surface area contributed by atoms with Gasteiger partial charge in [0.25, 0.3) is 0 Å². The van der Waals surface area contributed by atoms with E-state index in [-0.39, 0.29) is 5.97 Å². The Bertz CT molecular complexity index is 454. The van der Waals surface area contributed by atoms with Gasteiger partial charge in [-0.2, -0.15) is 0 Å². The van der Waals surface area contributed by atoms with Crippen LogP contribution in [0.3, 0.4) is 0 Å². The van der Waals surface area contributed by atoms with Crippen molar-refractivity contribution < 1.29 is 9.53 Å². The van der Waals surface area contributed by atoms with E-state index in [1.165, 1.54) is 18.1 Å². The van der Waals surface area contributed by atoms with Gasteiger partial charge in [0.05, 0.1) is 0 Å². The molecule has 3 heteroatoms. The van der Waals surface area contributed by atoms with Crippen LogP contribution < -0.4 is 0 Å². The average Bonchev–Trinajstić information content (AvgIpc) is 2.35. The molecule has 0 unspecified atom stereocenters. The lowest BCUT2D eigenvalue weighted by atomic mass is 9.94. The molecule has 1 aliphatic heterocycles. The molecule has 0 saturated carbocycles. The van der Waals surface area contributed by atoms with E-state index in [4.69, 9.17) is 4.74 Å². The van der Waals surface area contributed by atoms with Crippen molar-refractivity contribution in [2.24, 2.45) is 5.92 Å². The zero-order chi connectivity index (χ0) is 13.8. The van der Waals surface area contributed by atoms with Crippen LogP contribution in [0.25, 0.3) is 0 Å². The summed E-state index contributed by atoms with van der Waals surface area (Å²) in [6.45, 7) is 9.59. The summed E-state index contributed by atoms with van der Waals surface area (Å²) in [5, 5.41) is 0. The molecule has 1 heterocycles. The second-order valence-electron chi connectivity index (χ2n) is 5.71. The van der Waals surface area contributed by atoms with Gasteiger partial charge in [0, 0.05) is 26.6 Å². The Kier molecular flexibility index (Phi) is 4.59. The van der Waals surface area contributed by atoms with Crippen LogP contribution >= 0.6 is 0 Å². The predicted molar refractivity (Wildman–Crippen MR) is 75.7 cm³/mol. The van der Waals surface area contributed by atoms with Crippen LogP contribution in [0.15, 0.2) is 18.2 Å². The summed E-state index contributed by atoms with van der Waals surface area (Å²) < 4.78 is 5.15. The average molecular weight is 261 g/mol. The Hall–Kier alpha value is -1.35. The normalized spacial score (nSPS) is 15.4. The third-order valence-electron chi connectivity index (χ3n) is 3.50. The highest BCUT2D eigenvalue weighted by Gasteiger charge is 2.19. The number of fused-ring (bicyclic) bond motifs is 1. The minimum Gasteiger partial charge on any atom is -0.461 e. The molecule has 104 valence electrons. The van der Waals surface area contributed by atoms with Crippen molar-refractivity contribution in [2.45, 2.75) is 40.3 Å². The standard InChI is InChI=1S/C16H23NO2/c1-12(2)9-17-8-7-14-5-4-6-15(16(14)10-17)11-19-13(3)18/h4-6,12H,7-11H2,1-3H3. The fourth-order valence-electron chi connectivity index (χ4n) is 2.69. The maximum Gasteiger partial charge on any atom is 0.302 e. The first kappa shape index (κ1) is 14.1. The van der Waals surface area contributed by atoms with Crippen molar-refractivity contribution in [2.75, 3.05) is 13.1 Å². The summed E-state index contributed by atoms with van der Waals surface area (Å²) in [5.41, 5.74) is 3.92. The first-order valence-electron chi connectivity index (χ1n) is 7.01. The highest BCUT2D eigenvalue weighted by atomic mass is 16.5. The molecule has 0 aromatic heterocycles. The Morgan fingerprint density at radius 2 is 2.21 bits per heavy atom. The zero-order valence-corrected chi connectivity index (χ0v) is 12.1. The molecule has 0 fully saturated rings. The van der Waals surface area contributed by atoms with Crippen molar-refractivity contribution in [3.63, 3.8) is 0 Å². The van der Waals surface area contributed by atoms with Gasteiger partial charge in [0.2, 0.25) is 0 Å². The number of hydrogen-bond acceptors (Lipinski definition) is 3. The van der Waals surface area contributed by atoms with Crippen LogP contribution in [-0.2, 0) is 29.1 Å². The Balaban J connectivity index is 2.13. The molecule has 2 rings (SSSR count). The van der Waals surface area contributed by atoms with E-state index in [1.807, 2.05) is 0 Å². The number of carbonyl (C=O) groups is 1. The number of rotatable bonds is 4. The summed E-state index contributed by atoms with van der Waals surface area (Å²) in [5.74, 6) is 0.467.